The Morgan fingerprint density at radius 1 is 1.26 bits per heavy atom. The molecule has 0 radical (unpaired) electrons. The number of anilines is 1. The van der Waals surface area contributed by atoms with Crippen molar-refractivity contribution >= 4 is 17.5 Å². The van der Waals surface area contributed by atoms with E-state index >= 15 is 0 Å². The van der Waals surface area contributed by atoms with E-state index in [-0.39, 0.29) is 36.1 Å². The van der Waals surface area contributed by atoms with Crippen molar-refractivity contribution in [2.24, 2.45) is 11.7 Å². The molecule has 1 aromatic rings. The van der Waals surface area contributed by atoms with E-state index in [1.807, 2.05) is 0 Å². The van der Waals surface area contributed by atoms with Crippen LogP contribution < -0.4 is 16.4 Å². The van der Waals surface area contributed by atoms with Crippen LogP contribution in [-0.2, 0) is 9.59 Å². The highest BCUT2D eigenvalue weighted by molar-refractivity contribution is 5.94. The zero-order chi connectivity index (χ0) is 14.4. The lowest BCUT2D eigenvalue weighted by Crippen LogP contribution is -2.41. The van der Waals surface area contributed by atoms with Gasteiger partial charge in [0.1, 0.15) is 5.82 Å². The van der Waals surface area contributed by atoms with Crippen molar-refractivity contribution in [3.05, 3.63) is 30.1 Å². The van der Waals surface area contributed by atoms with Crippen LogP contribution in [0, 0.1) is 11.7 Å². The summed E-state index contributed by atoms with van der Waals surface area (Å²) in [6.07, 6.45) is 0. The molecule has 1 rings (SSSR count). The number of benzene rings is 1. The normalized spacial score (nSPS) is 13.5. The van der Waals surface area contributed by atoms with Crippen LogP contribution in [0.15, 0.2) is 24.3 Å². The number of amides is 2. The molecular weight excluding hydrogens is 249 g/mol. The summed E-state index contributed by atoms with van der Waals surface area (Å²) in [6.45, 7) is 3.27. The lowest BCUT2D eigenvalue weighted by atomic mass is 10.0. The Morgan fingerprint density at radius 3 is 2.37 bits per heavy atom. The number of nitrogens with one attached hydrogen (secondary N) is 2. The van der Waals surface area contributed by atoms with Gasteiger partial charge >= 0.3 is 0 Å². The minimum absolute atomic E-state index is 0.146. The Kier molecular flexibility index (Phi) is 5.44. The minimum Gasteiger partial charge on any atom is -0.347 e. The van der Waals surface area contributed by atoms with Gasteiger partial charge in [0.15, 0.2) is 0 Å². The number of carbonyl (C=O) groups excluding carboxylic acids is 2. The van der Waals surface area contributed by atoms with E-state index in [4.69, 9.17) is 5.73 Å². The highest BCUT2D eigenvalue weighted by atomic mass is 19.1. The molecule has 0 saturated carbocycles. The maximum absolute atomic E-state index is 12.7. The standard InChI is InChI=1S/C13H18FN3O2/c1-8(9(2)15)13(19)16-7-12(18)17-11-5-3-10(14)4-6-11/h3-6,8-9H,7,15H2,1-2H3,(H,16,19)(H,17,18). The van der Waals surface area contributed by atoms with Crippen molar-refractivity contribution in [3.8, 4) is 0 Å². The van der Waals surface area contributed by atoms with Gasteiger partial charge in [0.05, 0.1) is 6.54 Å². The zero-order valence-electron chi connectivity index (χ0n) is 10.9. The van der Waals surface area contributed by atoms with E-state index in [9.17, 15) is 14.0 Å². The zero-order valence-corrected chi connectivity index (χ0v) is 10.9. The molecule has 1 aromatic carbocycles. The van der Waals surface area contributed by atoms with Gasteiger partial charge in [-0.2, -0.15) is 0 Å². The first-order valence-electron chi connectivity index (χ1n) is 5.99. The van der Waals surface area contributed by atoms with Gasteiger partial charge in [-0.1, -0.05) is 6.92 Å². The average molecular weight is 267 g/mol. The van der Waals surface area contributed by atoms with Crippen molar-refractivity contribution in [2.45, 2.75) is 19.9 Å². The largest absolute Gasteiger partial charge is 0.347 e. The topological polar surface area (TPSA) is 84.2 Å². The fourth-order valence-corrected chi connectivity index (χ4v) is 1.31. The summed E-state index contributed by atoms with van der Waals surface area (Å²) in [5, 5.41) is 5.03. The number of carbonyl (C=O) groups is 2. The summed E-state index contributed by atoms with van der Waals surface area (Å²) in [6, 6.07) is 5.10. The fraction of sp³-hybridized carbons (Fsp3) is 0.385. The lowest BCUT2D eigenvalue weighted by Gasteiger charge is -2.15. The van der Waals surface area contributed by atoms with Gasteiger partial charge in [-0.25, -0.2) is 4.39 Å². The van der Waals surface area contributed by atoms with Crippen LogP contribution >= 0.6 is 0 Å². The van der Waals surface area contributed by atoms with Crippen molar-refractivity contribution in [1.82, 2.24) is 5.32 Å². The third-order valence-corrected chi connectivity index (χ3v) is 2.75. The molecule has 104 valence electrons. The first-order valence-corrected chi connectivity index (χ1v) is 5.99. The van der Waals surface area contributed by atoms with Crippen molar-refractivity contribution in [1.29, 1.82) is 0 Å². The van der Waals surface area contributed by atoms with Gasteiger partial charge in [0.25, 0.3) is 0 Å². The molecule has 0 aliphatic rings. The molecule has 19 heavy (non-hydrogen) atoms. The molecule has 0 bridgehead atoms. The minimum atomic E-state index is -0.378. The molecule has 0 saturated heterocycles. The van der Waals surface area contributed by atoms with Crippen LogP contribution in [0.2, 0.25) is 0 Å². The number of hydrogen-bond donors (Lipinski definition) is 3. The van der Waals surface area contributed by atoms with Crippen LogP contribution in [0.3, 0.4) is 0 Å². The Morgan fingerprint density at radius 2 is 1.84 bits per heavy atom. The van der Waals surface area contributed by atoms with E-state index in [0.717, 1.165) is 0 Å². The molecule has 0 aliphatic carbocycles. The maximum atomic E-state index is 12.7. The monoisotopic (exact) mass is 267 g/mol. The Bertz CT molecular complexity index is 446. The SMILES string of the molecule is CC(N)C(C)C(=O)NCC(=O)Nc1ccc(F)cc1. The highest BCUT2D eigenvalue weighted by Crippen LogP contribution is 2.07. The van der Waals surface area contributed by atoms with Gasteiger partial charge in [-0.3, -0.25) is 9.59 Å². The second-order valence-electron chi connectivity index (χ2n) is 4.42. The number of hydrogen-bond acceptors (Lipinski definition) is 3. The summed E-state index contributed by atoms with van der Waals surface area (Å²) in [4.78, 5) is 23.1. The third-order valence-electron chi connectivity index (χ3n) is 2.75. The molecule has 0 spiro atoms. The predicted molar refractivity (Wildman–Crippen MR) is 70.9 cm³/mol. The molecule has 2 atom stereocenters. The number of halogens is 1. The Labute approximate surface area is 111 Å². The molecule has 2 unspecified atom stereocenters. The van der Waals surface area contributed by atoms with Crippen LogP contribution in [0.4, 0.5) is 10.1 Å². The summed E-state index contributed by atoms with van der Waals surface area (Å²) in [5.74, 6) is -1.39. The van der Waals surface area contributed by atoms with E-state index in [2.05, 4.69) is 10.6 Å². The number of nitrogens with two attached hydrogens (primary N) is 1. The smallest absolute Gasteiger partial charge is 0.243 e. The van der Waals surface area contributed by atoms with Gasteiger partial charge in [-0.05, 0) is 31.2 Å². The van der Waals surface area contributed by atoms with E-state index in [1.165, 1.54) is 24.3 Å². The fourth-order valence-electron chi connectivity index (χ4n) is 1.31. The van der Waals surface area contributed by atoms with Crippen molar-refractivity contribution in [3.63, 3.8) is 0 Å². The molecule has 0 fully saturated rings. The summed E-state index contributed by atoms with van der Waals surface area (Å²) >= 11 is 0. The molecule has 0 aliphatic heterocycles. The first-order chi connectivity index (χ1) is 8.90. The van der Waals surface area contributed by atoms with Crippen LogP contribution in [0.5, 0.6) is 0 Å². The van der Waals surface area contributed by atoms with Crippen LogP contribution in [-0.4, -0.2) is 24.4 Å². The van der Waals surface area contributed by atoms with Crippen LogP contribution in [0.1, 0.15) is 13.8 Å². The van der Waals surface area contributed by atoms with E-state index in [0.29, 0.717) is 5.69 Å². The first kappa shape index (κ1) is 15.1. The van der Waals surface area contributed by atoms with Gasteiger partial charge in [0.2, 0.25) is 11.8 Å². The highest BCUT2D eigenvalue weighted by Gasteiger charge is 2.17. The molecule has 0 aromatic heterocycles. The second kappa shape index (κ2) is 6.84. The second-order valence-corrected chi connectivity index (χ2v) is 4.42. The van der Waals surface area contributed by atoms with Gasteiger partial charge < -0.3 is 16.4 Å². The predicted octanol–water partition coefficient (Wildman–Crippen LogP) is 0.864. The third kappa shape index (κ3) is 5.05. The molecular formula is C13H18FN3O2. The van der Waals surface area contributed by atoms with Crippen molar-refractivity contribution < 1.29 is 14.0 Å². The summed E-state index contributed by atoms with van der Waals surface area (Å²) in [5.41, 5.74) is 6.06. The molecule has 0 heterocycles. The molecule has 2 amide bonds. The summed E-state index contributed by atoms with van der Waals surface area (Å²) < 4.78 is 12.7. The Balaban J connectivity index is 2.40. The Hall–Kier alpha value is -1.95. The lowest BCUT2D eigenvalue weighted by molar-refractivity contribution is -0.127. The van der Waals surface area contributed by atoms with Gasteiger partial charge in [0, 0.05) is 17.6 Å². The van der Waals surface area contributed by atoms with Crippen LogP contribution in [0.25, 0.3) is 0 Å². The maximum Gasteiger partial charge on any atom is 0.243 e. The molecule has 4 N–H and O–H groups in total. The average Bonchev–Trinajstić information content (AvgIpc) is 2.37. The summed E-state index contributed by atoms with van der Waals surface area (Å²) in [7, 11) is 0. The molecule has 6 heteroatoms. The number of rotatable bonds is 5. The van der Waals surface area contributed by atoms with Gasteiger partial charge in [-0.15, -0.1) is 0 Å². The molecule has 5 nitrogen and oxygen atoms in total. The van der Waals surface area contributed by atoms with E-state index < -0.39 is 0 Å². The van der Waals surface area contributed by atoms with E-state index in [1.54, 1.807) is 13.8 Å². The quantitative estimate of drug-likeness (QED) is 0.740. The van der Waals surface area contributed by atoms with Crippen molar-refractivity contribution in [2.75, 3.05) is 11.9 Å².